The number of anilines is 1. The van der Waals surface area contributed by atoms with Crippen molar-refractivity contribution in [2.45, 2.75) is 26.3 Å². The molecule has 1 aliphatic heterocycles. The number of nitrogens with one attached hydrogen (secondary N) is 1. The average molecular weight is 382 g/mol. The van der Waals surface area contributed by atoms with Gasteiger partial charge in [0.2, 0.25) is 5.91 Å². The molecule has 0 aromatic heterocycles. The Morgan fingerprint density at radius 1 is 1.11 bits per heavy atom. The minimum atomic E-state index is -0.800. The number of aliphatic carboxylic acids is 1. The lowest BCUT2D eigenvalue weighted by atomic mass is 9.89. The number of para-hydroxylation sites is 3. The largest absolute Gasteiger partial charge is 0.481 e. The molecule has 28 heavy (non-hydrogen) atoms. The van der Waals surface area contributed by atoms with Crippen molar-refractivity contribution in [3.05, 3.63) is 54.6 Å². The number of carbonyl (C=O) groups is 2. The third-order valence-corrected chi connectivity index (χ3v) is 5.08. The number of amides is 1. The van der Waals surface area contributed by atoms with Crippen LogP contribution in [-0.2, 0) is 9.59 Å². The fourth-order valence-corrected chi connectivity index (χ4v) is 3.57. The zero-order valence-corrected chi connectivity index (χ0v) is 16.2. The summed E-state index contributed by atoms with van der Waals surface area (Å²) in [5.74, 6) is 0.0655. The summed E-state index contributed by atoms with van der Waals surface area (Å²) in [5.41, 5.74) is 0.586. The van der Waals surface area contributed by atoms with Gasteiger partial charge in [-0.2, -0.15) is 0 Å². The standard InChI is InChI=1S/C22H26N2O4/c1-15-12-17(22(26)27)14-24(13-15)16(2)21(25)23-19-10-6-7-11-20(19)28-18-8-4-3-5-9-18/h3-11,15-17H,12-14H2,1-2H3,(H,23,25)(H,26,27). The molecule has 3 rings (SSSR count). The fourth-order valence-electron chi connectivity index (χ4n) is 3.57. The molecule has 148 valence electrons. The maximum Gasteiger partial charge on any atom is 0.307 e. The smallest absolute Gasteiger partial charge is 0.307 e. The Bertz CT molecular complexity index is 824. The summed E-state index contributed by atoms with van der Waals surface area (Å²) < 4.78 is 5.90. The lowest BCUT2D eigenvalue weighted by Gasteiger charge is -2.37. The summed E-state index contributed by atoms with van der Waals surface area (Å²) in [5, 5.41) is 12.3. The van der Waals surface area contributed by atoms with E-state index in [1.807, 2.05) is 61.2 Å². The first-order valence-corrected chi connectivity index (χ1v) is 9.53. The van der Waals surface area contributed by atoms with Gasteiger partial charge in [0.1, 0.15) is 5.75 Å². The lowest BCUT2D eigenvalue weighted by molar-refractivity contribution is -0.145. The minimum Gasteiger partial charge on any atom is -0.481 e. The van der Waals surface area contributed by atoms with Gasteiger partial charge in [-0.15, -0.1) is 0 Å². The molecule has 3 atom stereocenters. The fraction of sp³-hybridized carbons (Fsp3) is 0.364. The van der Waals surface area contributed by atoms with E-state index in [0.29, 0.717) is 36.7 Å². The second kappa shape index (κ2) is 8.89. The van der Waals surface area contributed by atoms with Crippen LogP contribution in [0.2, 0.25) is 0 Å². The summed E-state index contributed by atoms with van der Waals surface area (Å²) in [7, 11) is 0. The van der Waals surface area contributed by atoms with Gasteiger partial charge >= 0.3 is 5.97 Å². The molecule has 0 radical (unpaired) electrons. The average Bonchev–Trinajstić information content (AvgIpc) is 2.69. The summed E-state index contributed by atoms with van der Waals surface area (Å²) in [4.78, 5) is 26.2. The number of hydrogen-bond donors (Lipinski definition) is 2. The van der Waals surface area contributed by atoms with E-state index in [4.69, 9.17) is 4.74 Å². The monoisotopic (exact) mass is 382 g/mol. The minimum absolute atomic E-state index is 0.178. The van der Waals surface area contributed by atoms with Crippen LogP contribution in [0.1, 0.15) is 20.3 Å². The highest BCUT2D eigenvalue weighted by molar-refractivity contribution is 5.96. The Balaban J connectivity index is 1.70. The zero-order chi connectivity index (χ0) is 20.1. The highest BCUT2D eigenvalue weighted by Gasteiger charge is 2.34. The molecule has 1 heterocycles. The predicted octanol–water partition coefficient (Wildman–Crippen LogP) is 3.85. The number of piperidine rings is 1. The van der Waals surface area contributed by atoms with Crippen LogP contribution in [0.4, 0.5) is 5.69 Å². The van der Waals surface area contributed by atoms with Gasteiger partial charge in [-0.1, -0.05) is 37.3 Å². The van der Waals surface area contributed by atoms with Crippen LogP contribution < -0.4 is 10.1 Å². The number of nitrogens with zero attached hydrogens (tertiary/aromatic N) is 1. The van der Waals surface area contributed by atoms with E-state index in [9.17, 15) is 14.7 Å². The molecular formula is C22H26N2O4. The second-order valence-electron chi connectivity index (χ2n) is 7.41. The maximum atomic E-state index is 12.8. The molecule has 1 aliphatic rings. The Kier molecular flexibility index (Phi) is 6.31. The number of likely N-dealkylation sites (tertiary alicyclic amines) is 1. The van der Waals surface area contributed by atoms with Gasteiger partial charge in [0.25, 0.3) is 0 Å². The van der Waals surface area contributed by atoms with Crippen LogP contribution >= 0.6 is 0 Å². The second-order valence-corrected chi connectivity index (χ2v) is 7.41. The summed E-state index contributed by atoms with van der Waals surface area (Å²) in [6.45, 7) is 4.93. The van der Waals surface area contributed by atoms with Crippen molar-refractivity contribution in [3.8, 4) is 11.5 Å². The quantitative estimate of drug-likeness (QED) is 0.793. The van der Waals surface area contributed by atoms with Crippen LogP contribution in [0.25, 0.3) is 0 Å². The first-order chi connectivity index (χ1) is 13.4. The number of ether oxygens (including phenoxy) is 1. The van der Waals surface area contributed by atoms with Gasteiger partial charge in [-0.25, -0.2) is 0 Å². The Morgan fingerprint density at radius 2 is 1.79 bits per heavy atom. The van der Waals surface area contributed by atoms with E-state index in [0.717, 1.165) is 0 Å². The van der Waals surface area contributed by atoms with Crippen LogP contribution in [0, 0.1) is 11.8 Å². The van der Waals surface area contributed by atoms with Crippen LogP contribution in [0.5, 0.6) is 11.5 Å². The summed E-state index contributed by atoms with van der Waals surface area (Å²) in [6, 6.07) is 16.2. The normalized spacial score (nSPS) is 20.9. The van der Waals surface area contributed by atoms with Gasteiger partial charge in [0.05, 0.1) is 17.6 Å². The Labute approximate surface area is 165 Å². The van der Waals surface area contributed by atoms with Crippen molar-refractivity contribution in [1.82, 2.24) is 4.90 Å². The molecule has 2 aromatic carbocycles. The number of benzene rings is 2. The molecule has 1 saturated heterocycles. The molecule has 2 aromatic rings. The molecule has 0 aliphatic carbocycles. The molecule has 2 N–H and O–H groups in total. The van der Waals surface area contributed by atoms with Crippen molar-refractivity contribution >= 4 is 17.6 Å². The van der Waals surface area contributed by atoms with Gasteiger partial charge in [-0.05, 0) is 43.5 Å². The number of hydrogen-bond acceptors (Lipinski definition) is 4. The molecule has 1 amide bonds. The summed E-state index contributed by atoms with van der Waals surface area (Å²) in [6.07, 6.45) is 0.647. The topological polar surface area (TPSA) is 78.9 Å². The third-order valence-electron chi connectivity index (χ3n) is 5.08. The lowest BCUT2D eigenvalue weighted by Crippen LogP contribution is -2.50. The van der Waals surface area contributed by atoms with Crippen LogP contribution in [0.3, 0.4) is 0 Å². The molecule has 0 saturated carbocycles. The number of rotatable bonds is 6. The number of carboxylic acids is 1. The number of carbonyl (C=O) groups excluding carboxylic acids is 1. The first kappa shape index (κ1) is 19.9. The third kappa shape index (κ3) is 4.89. The van der Waals surface area contributed by atoms with Crippen LogP contribution in [0.15, 0.2) is 54.6 Å². The SMILES string of the molecule is CC1CC(C(=O)O)CN(C(C)C(=O)Nc2ccccc2Oc2ccccc2)C1. The highest BCUT2D eigenvalue weighted by Crippen LogP contribution is 2.30. The van der Waals surface area contributed by atoms with Gasteiger partial charge in [-0.3, -0.25) is 14.5 Å². The maximum absolute atomic E-state index is 12.8. The van der Waals surface area contributed by atoms with Gasteiger partial charge < -0.3 is 15.2 Å². The molecule has 6 heteroatoms. The predicted molar refractivity (Wildman–Crippen MR) is 108 cm³/mol. The molecule has 0 bridgehead atoms. The van der Waals surface area contributed by atoms with Crippen molar-refractivity contribution in [1.29, 1.82) is 0 Å². The Hall–Kier alpha value is -2.86. The van der Waals surface area contributed by atoms with E-state index in [1.54, 1.807) is 12.1 Å². The molecular weight excluding hydrogens is 356 g/mol. The Morgan fingerprint density at radius 3 is 2.50 bits per heavy atom. The number of carboxylic acid groups (broad SMARTS) is 1. The van der Waals surface area contributed by atoms with Crippen molar-refractivity contribution in [2.75, 3.05) is 18.4 Å². The molecule has 1 fully saturated rings. The zero-order valence-electron chi connectivity index (χ0n) is 16.2. The first-order valence-electron chi connectivity index (χ1n) is 9.53. The molecule has 0 spiro atoms. The molecule has 3 unspecified atom stereocenters. The van der Waals surface area contributed by atoms with Crippen molar-refractivity contribution < 1.29 is 19.4 Å². The summed E-state index contributed by atoms with van der Waals surface area (Å²) >= 11 is 0. The van der Waals surface area contributed by atoms with E-state index < -0.39 is 17.9 Å². The van der Waals surface area contributed by atoms with E-state index in [1.165, 1.54) is 0 Å². The van der Waals surface area contributed by atoms with Crippen LogP contribution in [-0.4, -0.2) is 41.0 Å². The van der Waals surface area contributed by atoms with E-state index in [2.05, 4.69) is 5.32 Å². The highest BCUT2D eigenvalue weighted by atomic mass is 16.5. The van der Waals surface area contributed by atoms with E-state index >= 15 is 0 Å². The van der Waals surface area contributed by atoms with Gasteiger partial charge in [0, 0.05) is 13.1 Å². The van der Waals surface area contributed by atoms with Crippen molar-refractivity contribution in [3.63, 3.8) is 0 Å². The van der Waals surface area contributed by atoms with Crippen molar-refractivity contribution in [2.24, 2.45) is 11.8 Å². The van der Waals surface area contributed by atoms with E-state index in [-0.39, 0.29) is 11.8 Å². The molecule has 6 nitrogen and oxygen atoms in total. The van der Waals surface area contributed by atoms with Gasteiger partial charge in [0.15, 0.2) is 5.75 Å².